The molecule has 0 aromatic carbocycles. The number of amides is 1. The van der Waals surface area contributed by atoms with E-state index in [0.717, 1.165) is 6.54 Å². The van der Waals surface area contributed by atoms with Crippen molar-refractivity contribution >= 4 is 12.1 Å². The van der Waals surface area contributed by atoms with Gasteiger partial charge in [-0.1, -0.05) is 0 Å². The molecule has 1 saturated heterocycles. The van der Waals surface area contributed by atoms with Crippen molar-refractivity contribution in [3.8, 4) is 0 Å². The molecular weight excluding hydrogens is 320 g/mol. The van der Waals surface area contributed by atoms with Crippen molar-refractivity contribution in [2.45, 2.75) is 91.5 Å². The van der Waals surface area contributed by atoms with Crippen LogP contribution in [0.25, 0.3) is 0 Å². The maximum absolute atomic E-state index is 12.6. The largest absolute Gasteiger partial charge is 0.460 e. The molecule has 0 radical (unpaired) electrons. The van der Waals surface area contributed by atoms with Gasteiger partial charge >= 0.3 is 12.1 Å². The number of rotatable bonds is 2. The molecule has 6 nitrogen and oxygen atoms in total. The Morgan fingerprint density at radius 1 is 0.880 bits per heavy atom. The number of nitrogens with zero attached hydrogens (tertiary/aromatic N) is 2. The van der Waals surface area contributed by atoms with Crippen LogP contribution in [-0.4, -0.2) is 64.3 Å². The summed E-state index contributed by atoms with van der Waals surface area (Å²) in [6, 6.07) is -0.252. The number of carbonyl (C=O) groups excluding carboxylic acids is 2. The zero-order chi connectivity index (χ0) is 19.6. The lowest BCUT2D eigenvalue weighted by atomic mass is 10.0. The fraction of sp³-hybridized carbons (Fsp3) is 0.895. The van der Waals surface area contributed by atoms with Crippen molar-refractivity contribution < 1.29 is 19.1 Å². The van der Waals surface area contributed by atoms with Gasteiger partial charge in [0.2, 0.25) is 0 Å². The van der Waals surface area contributed by atoms with Crippen molar-refractivity contribution in [3.05, 3.63) is 0 Å². The van der Waals surface area contributed by atoms with Gasteiger partial charge < -0.3 is 14.4 Å². The van der Waals surface area contributed by atoms with E-state index in [0.29, 0.717) is 13.1 Å². The number of hydrogen-bond acceptors (Lipinski definition) is 5. The first kappa shape index (κ1) is 21.7. The summed E-state index contributed by atoms with van der Waals surface area (Å²) in [5.74, 6) is -0.290. The molecule has 0 N–H and O–H groups in total. The van der Waals surface area contributed by atoms with Gasteiger partial charge in [0.05, 0.1) is 12.5 Å². The van der Waals surface area contributed by atoms with Crippen LogP contribution < -0.4 is 0 Å². The van der Waals surface area contributed by atoms with Gasteiger partial charge in [0.15, 0.2) is 0 Å². The predicted molar refractivity (Wildman–Crippen MR) is 98.5 cm³/mol. The van der Waals surface area contributed by atoms with E-state index in [2.05, 4.69) is 25.7 Å². The molecule has 146 valence electrons. The smallest absolute Gasteiger partial charge is 0.410 e. The van der Waals surface area contributed by atoms with Crippen molar-refractivity contribution in [1.82, 2.24) is 9.80 Å². The van der Waals surface area contributed by atoms with Crippen LogP contribution in [0.2, 0.25) is 0 Å². The van der Waals surface area contributed by atoms with E-state index in [1.807, 2.05) is 41.5 Å². The van der Waals surface area contributed by atoms with Crippen LogP contribution in [0.4, 0.5) is 4.79 Å². The summed E-state index contributed by atoms with van der Waals surface area (Å²) in [5.41, 5.74) is -1.12. The average molecular weight is 357 g/mol. The molecule has 0 spiro atoms. The molecule has 0 saturated carbocycles. The third kappa shape index (κ3) is 7.63. The van der Waals surface area contributed by atoms with Crippen LogP contribution >= 0.6 is 0 Å². The molecule has 1 unspecified atom stereocenters. The normalized spacial score (nSPS) is 20.4. The number of ether oxygens (including phenoxy) is 2. The monoisotopic (exact) mass is 356 g/mol. The molecule has 1 aliphatic heterocycles. The Morgan fingerprint density at radius 2 is 1.40 bits per heavy atom. The second-order valence-electron chi connectivity index (χ2n) is 9.73. The van der Waals surface area contributed by atoms with Gasteiger partial charge in [-0.05, 0) is 62.3 Å². The zero-order valence-electron chi connectivity index (χ0n) is 17.4. The van der Waals surface area contributed by atoms with E-state index in [9.17, 15) is 9.59 Å². The average Bonchev–Trinajstić information content (AvgIpc) is 2.32. The zero-order valence-corrected chi connectivity index (χ0v) is 17.4. The highest BCUT2D eigenvalue weighted by Gasteiger charge is 2.38. The Kier molecular flexibility index (Phi) is 6.54. The van der Waals surface area contributed by atoms with Crippen LogP contribution in [0.3, 0.4) is 0 Å². The van der Waals surface area contributed by atoms with E-state index in [1.54, 1.807) is 4.90 Å². The van der Waals surface area contributed by atoms with Crippen LogP contribution in [-0.2, 0) is 14.3 Å². The molecule has 1 aliphatic rings. The second-order valence-corrected chi connectivity index (χ2v) is 9.73. The van der Waals surface area contributed by atoms with Crippen LogP contribution in [0, 0.1) is 0 Å². The van der Waals surface area contributed by atoms with Crippen molar-refractivity contribution in [3.63, 3.8) is 0 Å². The summed E-state index contributed by atoms with van der Waals surface area (Å²) in [5, 5.41) is 0. The van der Waals surface area contributed by atoms with E-state index < -0.39 is 11.2 Å². The summed E-state index contributed by atoms with van der Waals surface area (Å²) in [6.45, 7) is 19.4. The molecule has 1 heterocycles. The molecule has 6 heteroatoms. The minimum absolute atomic E-state index is 0.0216. The highest BCUT2D eigenvalue weighted by molar-refractivity contribution is 5.73. The highest BCUT2D eigenvalue weighted by Crippen LogP contribution is 2.24. The van der Waals surface area contributed by atoms with E-state index in [1.165, 1.54) is 0 Å². The van der Waals surface area contributed by atoms with Crippen molar-refractivity contribution in [2.24, 2.45) is 0 Å². The number of piperazine rings is 1. The van der Waals surface area contributed by atoms with Crippen molar-refractivity contribution in [2.75, 3.05) is 19.6 Å². The molecule has 25 heavy (non-hydrogen) atoms. The predicted octanol–water partition coefficient (Wildman–Crippen LogP) is 3.44. The molecule has 0 aromatic heterocycles. The topological polar surface area (TPSA) is 59.1 Å². The number of hydrogen-bond donors (Lipinski definition) is 0. The number of carbonyl (C=O) groups is 2. The minimum Gasteiger partial charge on any atom is -0.460 e. The van der Waals surface area contributed by atoms with E-state index in [-0.39, 0.29) is 30.1 Å². The molecule has 1 fully saturated rings. The molecular formula is C19H36N2O4. The maximum Gasteiger partial charge on any atom is 0.410 e. The van der Waals surface area contributed by atoms with Gasteiger partial charge in [-0.2, -0.15) is 0 Å². The quantitative estimate of drug-likeness (QED) is 0.709. The molecule has 1 rings (SSSR count). The van der Waals surface area contributed by atoms with Gasteiger partial charge in [0, 0.05) is 25.2 Å². The Morgan fingerprint density at radius 3 is 1.84 bits per heavy atom. The lowest BCUT2D eigenvalue weighted by molar-refractivity contribution is -0.157. The Labute approximate surface area is 152 Å². The van der Waals surface area contributed by atoms with E-state index in [4.69, 9.17) is 9.47 Å². The van der Waals surface area contributed by atoms with Gasteiger partial charge in [-0.25, -0.2) is 4.79 Å². The lowest BCUT2D eigenvalue weighted by Crippen LogP contribution is -2.60. The summed E-state index contributed by atoms with van der Waals surface area (Å²) >= 11 is 0. The highest BCUT2D eigenvalue weighted by atomic mass is 16.6. The Hall–Kier alpha value is -1.30. The standard InChI is InChI=1S/C19H36N2O4/c1-17(2,3)20-10-11-21(16(23)25-19(7,8)9)14(13-20)12-15(22)24-18(4,5)6/h14H,10-13H2,1-9H3. The fourth-order valence-electron chi connectivity index (χ4n) is 2.78. The summed E-state index contributed by atoms with van der Waals surface area (Å²) < 4.78 is 11.0. The van der Waals surface area contributed by atoms with Crippen LogP contribution in [0.15, 0.2) is 0 Å². The first-order chi connectivity index (χ1) is 11.1. The molecule has 1 atom stereocenters. The van der Waals surface area contributed by atoms with Crippen LogP contribution in [0.1, 0.15) is 68.7 Å². The van der Waals surface area contributed by atoms with Crippen LogP contribution in [0.5, 0.6) is 0 Å². The molecule has 0 aromatic rings. The third-order valence-electron chi connectivity index (χ3n) is 3.88. The van der Waals surface area contributed by atoms with Gasteiger partial charge in [-0.3, -0.25) is 9.69 Å². The SMILES string of the molecule is CC(C)(C)OC(=O)CC1CN(C(C)(C)C)CCN1C(=O)OC(C)(C)C. The van der Waals surface area contributed by atoms with Crippen molar-refractivity contribution in [1.29, 1.82) is 0 Å². The molecule has 0 bridgehead atoms. The third-order valence-corrected chi connectivity index (χ3v) is 3.88. The fourth-order valence-corrected chi connectivity index (χ4v) is 2.78. The minimum atomic E-state index is -0.561. The molecule has 1 amide bonds. The summed E-state index contributed by atoms with van der Waals surface area (Å²) in [7, 11) is 0. The second kappa shape index (κ2) is 7.52. The first-order valence-corrected chi connectivity index (χ1v) is 9.05. The first-order valence-electron chi connectivity index (χ1n) is 9.05. The van der Waals surface area contributed by atoms with Gasteiger partial charge in [0.25, 0.3) is 0 Å². The summed E-state index contributed by atoms with van der Waals surface area (Å²) in [6.07, 6.45) is -0.196. The number of esters is 1. The Bertz CT molecular complexity index is 483. The van der Waals surface area contributed by atoms with E-state index >= 15 is 0 Å². The van der Waals surface area contributed by atoms with Gasteiger partial charge in [0.1, 0.15) is 11.2 Å². The molecule has 0 aliphatic carbocycles. The lowest BCUT2D eigenvalue weighted by Gasteiger charge is -2.46. The summed E-state index contributed by atoms with van der Waals surface area (Å²) in [4.78, 5) is 28.9. The van der Waals surface area contributed by atoms with Gasteiger partial charge in [-0.15, -0.1) is 0 Å². The Balaban J connectivity index is 2.90. The maximum atomic E-state index is 12.6.